The third kappa shape index (κ3) is 5.13. The van der Waals surface area contributed by atoms with Crippen molar-refractivity contribution in [3.8, 4) is 0 Å². The monoisotopic (exact) mass is 355 g/mol. The Kier molecular flexibility index (Phi) is 6.03. The van der Waals surface area contributed by atoms with Gasteiger partial charge in [-0.15, -0.1) is 0 Å². The molecule has 0 bridgehead atoms. The molecule has 0 saturated carbocycles. The summed E-state index contributed by atoms with van der Waals surface area (Å²) >= 11 is 0.716. The molecular weight excluding hydrogens is 339 g/mol. The number of esters is 1. The molecule has 0 amide bonds. The van der Waals surface area contributed by atoms with Gasteiger partial charge in [0.25, 0.3) is 0 Å². The molecule has 0 saturated heterocycles. The molecule has 128 valence electrons. The summed E-state index contributed by atoms with van der Waals surface area (Å²) in [6, 6.07) is 12.2. The Morgan fingerprint density at radius 3 is 2.46 bits per heavy atom. The first-order valence-corrected chi connectivity index (χ1v) is 7.97. The number of hydrogen-bond acceptors (Lipinski definition) is 2. The predicted molar refractivity (Wildman–Crippen MR) is 90.5 cm³/mol. The summed E-state index contributed by atoms with van der Waals surface area (Å²) in [5, 5.41) is 3.07. The Labute approximate surface area is 141 Å². The normalized spacial score (nSPS) is 11.8. The lowest BCUT2D eigenvalue weighted by atomic mass is 10.1. The van der Waals surface area contributed by atoms with E-state index in [9.17, 15) is 18.0 Å². The van der Waals surface area contributed by atoms with Gasteiger partial charge in [-0.25, -0.2) is 0 Å². The van der Waals surface area contributed by atoms with Gasteiger partial charge in [-0.05, 0) is 35.9 Å². The fraction of sp³-hybridized carbons (Fsp3) is 0.176. The van der Waals surface area contributed by atoms with Gasteiger partial charge in [-0.2, -0.15) is 24.5 Å². The van der Waals surface area contributed by atoms with E-state index in [2.05, 4.69) is 10.1 Å². The van der Waals surface area contributed by atoms with Crippen molar-refractivity contribution in [3.05, 3.63) is 59.7 Å². The lowest BCUT2D eigenvalue weighted by molar-refractivity contribution is -0.140. The first kappa shape index (κ1) is 18.1. The van der Waals surface area contributed by atoms with Crippen LogP contribution < -0.4 is 5.32 Å². The number of anilines is 1. The van der Waals surface area contributed by atoms with Crippen LogP contribution in [0, 0.1) is 0 Å². The SMILES string of the molecule is COC(=O)Cc1ccccc1NC=[SH]c1ccc(C(F)(F)F)cc1. The highest BCUT2D eigenvalue weighted by atomic mass is 32.1. The number of benzene rings is 2. The number of hydrogen-bond donors (Lipinski definition) is 2. The molecule has 0 aliphatic rings. The Morgan fingerprint density at radius 1 is 1.17 bits per heavy atom. The zero-order valence-corrected chi connectivity index (χ0v) is 13.7. The number of para-hydroxylation sites is 1. The zero-order chi connectivity index (χ0) is 17.6. The zero-order valence-electron chi connectivity index (χ0n) is 12.8. The minimum atomic E-state index is -4.33. The van der Waals surface area contributed by atoms with Crippen molar-refractivity contribution in [3.63, 3.8) is 0 Å². The standard InChI is InChI=1S/C17H16F3NO2S/c1-23-16(22)10-12-4-2-3-5-15(12)21-11-24-14-8-6-13(7-9-14)17(18,19)20/h2-9,11,21,24H,10H2,1H3. The maximum absolute atomic E-state index is 12.5. The second-order valence-corrected chi connectivity index (χ2v) is 5.89. The van der Waals surface area contributed by atoms with Crippen LogP contribution in [-0.2, 0) is 22.1 Å². The lowest BCUT2D eigenvalue weighted by Crippen LogP contribution is -2.07. The molecule has 0 aromatic heterocycles. The van der Waals surface area contributed by atoms with Crippen LogP contribution in [0.5, 0.6) is 0 Å². The first-order valence-electron chi connectivity index (χ1n) is 7.01. The van der Waals surface area contributed by atoms with E-state index in [4.69, 9.17) is 0 Å². The summed E-state index contributed by atoms with van der Waals surface area (Å²) in [4.78, 5) is 12.1. The summed E-state index contributed by atoms with van der Waals surface area (Å²) in [5.74, 6) is -0.343. The van der Waals surface area contributed by atoms with E-state index in [0.29, 0.717) is 11.4 Å². The number of ether oxygens (including phenoxy) is 1. The maximum atomic E-state index is 12.5. The van der Waals surface area contributed by atoms with Crippen LogP contribution in [0.15, 0.2) is 53.4 Å². The second kappa shape index (κ2) is 8.01. The van der Waals surface area contributed by atoms with Crippen molar-refractivity contribution in [2.75, 3.05) is 12.4 Å². The molecule has 0 unspecified atom stereocenters. The largest absolute Gasteiger partial charge is 0.469 e. The summed E-state index contributed by atoms with van der Waals surface area (Å²) in [7, 11) is 1.33. The van der Waals surface area contributed by atoms with Crippen LogP contribution >= 0.6 is 11.4 Å². The van der Waals surface area contributed by atoms with E-state index in [-0.39, 0.29) is 12.4 Å². The Bertz CT molecular complexity index is 727. The van der Waals surface area contributed by atoms with Gasteiger partial charge in [0.05, 0.1) is 19.1 Å². The molecule has 1 N–H and O–H groups in total. The van der Waals surface area contributed by atoms with Crippen LogP contribution in [0.1, 0.15) is 11.1 Å². The van der Waals surface area contributed by atoms with Gasteiger partial charge in [0, 0.05) is 16.1 Å². The van der Waals surface area contributed by atoms with Crippen molar-refractivity contribution >= 4 is 28.5 Å². The average Bonchev–Trinajstić information content (AvgIpc) is 2.56. The number of carbonyl (C=O) groups excluding carboxylic acids is 1. The van der Waals surface area contributed by atoms with Gasteiger partial charge in [0.15, 0.2) is 0 Å². The second-order valence-electron chi connectivity index (χ2n) is 4.86. The molecule has 24 heavy (non-hydrogen) atoms. The van der Waals surface area contributed by atoms with Crippen LogP contribution in [0.25, 0.3) is 0 Å². The molecule has 0 heterocycles. The molecule has 0 atom stereocenters. The van der Waals surface area contributed by atoms with Crippen molar-refractivity contribution in [1.82, 2.24) is 0 Å². The summed E-state index contributed by atoms with van der Waals surface area (Å²) in [6.45, 7) is 0. The summed E-state index contributed by atoms with van der Waals surface area (Å²) in [6.07, 6.45) is -4.19. The van der Waals surface area contributed by atoms with Gasteiger partial charge in [0.2, 0.25) is 0 Å². The number of halogens is 3. The first-order chi connectivity index (χ1) is 11.4. The minimum Gasteiger partial charge on any atom is -0.469 e. The number of nitrogens with one attached hydrogen (secondary N) is 1. The number of rotatable bonds is 5. The van der Waals surface area contributed by atoms with Crippen molar-refractivity contribution in [1.29, 1.82) is 0 Å². The molecule has 0 fully saturated rings. The number of carbonyl (C=O) groups is 1. The minimum absolute atomic E-state index is 0.144. The number of thiol groups is 1. The van der Waals surface area contributed by atoms with Gasteiger partial charge in [-0.3, -0.25) is 4.79 Å². The third-order valence-electron chi connectivity index (χ3n) is 3.21. The van der Waals surface area contributed by atoms with E-state index in [1.54, 1.807) is 5.49 Å². The van der Waals surface area contributed by atoms with Gasteiger partial charge in [-0.1, -0.05) is 18.2 Å². The lowest BCUT2D eigenvalue weighted by Gasteiger charge is -2.08. The Balaban J connectivity index is 2.05. The van der Waals surface area contributed by atoms with Gasteiger partial charge in [0.1, 0.15) is 0 Å². The van der Waals surface area contributed by atoms with E-state index in [1.807, 2.05) is 24.3 Å². The molecule has 3 nitrogen and oxygen atoms in total. The molecule has 2 rings (SSSR count). The van der Waals surface area contributed by atoms with E-state index in [1.165, 1.54) is 19.2 Å². The van der Waals surface area contributed by atoms with Crippen molar-refractivity contribution < 1.29 is 22.7 Å². The molecule has 0 aliphatic carbocycles. The highest BCUT2D eigenvalue weighted by molar-refractivity contribution is 7.97. The van der Waals surface area contributed by atoms with Crippen LogP contribution in [0.4, 0.5) is 18.9 Å². The van der Waals surface area contributed by atoms with Crippen molar-refractivity contribution in [2.45, 2.75) is 17.5 Å². The van der Waals surface area contributed by atoms with Crippen LogP contribution in [0.2, 0.25) is 0 Å². The highest BCUT2D eigenvalue weighted by Crippen LogP contribution is 2.29. The smallest absolute Gasteiger partial charge is 0.416 e. The Hall–Kier alpha value is -2.28. The number of alkyl halides is 3. The molecule has 2 aromatic carbocycles. The van der Waals surface area contributed by atoms with E-state index < -0.39 is 11.7 Å². The molecule has 7 heteroatoms. The van der Waals surface area contributed by atoms with Gasteiger partial charge >= 0.3 is 12.1 Å². The average molecular weight is 355 g/mol. The quantitative estimate of drug-likeness (QED) is 0.481. The van der Waals surface area contributed by atoms with Crippen molar-refractivity contribution in [2.24, 2.45) is 0 Å². The summed E-state index contributed by atoms with van der Waals surface area (Å²) < 4.78 is 42.2. The Morgan fingerprint density at radius 2 is 1.83 bits per heavy atom. The molecule has 0 aliphatic heterocycles. The van der Waals surface area contributed by atoms with E-state index in [0.717, 1.165) is 28.3 Å². The van der Waals surface area contributed by atoms with E-state index >= 15 is 0 Å². The predicted octanol–water partition coefficient (Wildman–Crippen LogP) is 4.12. The molecule has 2 aromatic rings. The van der Waals surface area contributed by atoms with Crippen LogP contribution in [0.3, 0.4) is 0 Å². The number of methoxy groups -OCH3 is 1. The molecule has 0 spiro atoms. The summed E-state index contributed by atoms with van der Waals surface area (Å²) in [5.41, 5.74) is 2.57. The van der Waals surface area contributed by atoms with Gasteiger partial charge < -0.3 is 10.1 Å². The fourth-order valence-corrected chi connectivity index (χ4v) is 2.63. The topological polar surface area (TPSA) is 38.3 Å². The third-order valence-corrected chi connectivity index (χ3v) is 4.06. The van der Waals surface area contributed by atoms with Crippen LogP contribution in [-0.4, -0.2) is 18.6 Å². The maximum Gasteiger partial charge on any atom is 0.416 e. The highest BCUT2D eigenvalue weighted by Gasteiger charge is 2.29. The fourth-order valence-electron chi connectivity index (χ4n) is 1.96. The molecule has 0 radical (unpaired) electrons. The molecular formula is C17H16F3NO2S.